The summed E-state index contributed by atoms with van der Waals surface area (Å²) in [7, 11) is 0. The quantitative estimate of drug-likeness (QED) is 0.872. The van der Waals surface area contributed by atoms with Crippen molar-refractivity contribution < 1.29 is 4.74 Å². The van der Waals surface area contributed by atoms with Gasteiger partial charge in [0.25, 0.3) is 0 Å². The number of nitrogens with one attached hydrogen (secondary N) is 1. The van der Waals surface area contributed by atoms with Crippen molar-refractivity contribution in [2.24, 2.45) is 5.92 Å². The smallest absolute Gasteiger partial charge is 0.0949 e. The van der Waals surface area contributed by atoms with Crippen molar-refractivity contribution in [3.05, 3.63) is 34.9 Å². The van der Waals surface area contributed by atoms with Crippen molar-refractivity contribution in [2.75, 3.05) is 13.2 Å². The lowest BCUT2D eigenvalue weighted by Gasteiger charge is -2.20. The Bertz CT molecular complexity index is 367. The fourth-order valence-electron chi connectivity index (χ4n) is 2.25. The molecular weight excluding hydrogens is 234 g/mol. The second kappa shape index (κ2) is 5.85. The molecule has 1 aromatic rings. The first-order valence-corrected chi connectivity index (χ1v) is 6.65. The number of hydrogen-bond donors (Lipinski definition) is 1. The molecular formula is C14H20ClNO. The van der Waals surface area contributed by atoms with Crippen LogP contribution in [0.4, 0.5) is 0 Å². The molecule has 2 rings (SSSR count). The first kappa shape index (κ1) is 12.9. The van der Waals surface area contributed by atoms with Gasteiger partial charge in [0.2, 0.25) is 0 Å². The van der Waals surface area contributed by atoms with E-state index in [1.54, 1.807) is 0 Å². The van der Waals surface area contributed by atoms with E-state index in [-0.39, 0.29) is 6.10 Å². The second-order valence-electron chi connectivity index (χ2n) is 4.96. The third kappa shape index (κ3) is 3.44. The Labute approximate surface area is 108 Å². The van der Waals surface area contributed by atoms with Crippen LogP contribution in [0.5, 0.6) is 0 Å². The van der Waals surface area contributed by atoms with Crippen molar-refractivity contribution in [2.45, 2.75) is 32.4 Å². The van der Waals surface area contributed by atoms with E-state index in [9.17, 15) is 0 Å². The molecule has 1 aromatic carbocycles. The molecule has 3 heteroatoms. The zero-order chi connectivity index (χ0) is 12.3. The average molecular weight is 254 g/mol. The van der Waals surface area contributed by atoms with E-state index in [1.165, 1.54) is 0 Å². The van der Waals surface area contributed by atoms with Crippen LogP contribution in [-0.2, 0) is 4.74 Å². The molecule has 2 unspecified atom stereocenters. The van der Waals surface area contributed by atoms with Crippen LogP contribution in [0.3, 0.4) is 0 Å². The number of halogens is 1. The Balaban J connectivity index is 2.04. The molecule has 1 aliphatic rings. The zero-order valence-electron chi connectivity index (χ0n) is 10.4. The maximum atomic E-state index is 6.01. The monoisotopic (exact) mass is 253 g/mol. The van der Waals surface area contributed by atoms with Gasteiger partial charge in [0.15, 0.2) is 0 Å². The van der Waals surface area contributed by atoms with Gasteiger partial charge in [-0.25, -0.2) is 0 Å². The van der Waals surface area contributed by atoms with Gasteiger partial charge >= 0.3 is 0 Å². The predicted octanol–water partition coefficient (Wildman–Crippen LogP) is 3.42. The summed E-state index contributed by atoms with van der Waals surface area (Å²) in [4.78, 5) is 0. The van der Waals surface area contributed by atoms with Crippen LogP contribution in [0.1, 0.15) is 31.9 Å². The number of ether oxygens (including phenoxy) is 1. The summed E-state index contributed by atoms with van der Waals surface area (Å²) in [6, 6.07) is 8.49. The van der Waals surface area contributed by atoms with Gasteiger partial charge in [-0.3, -0.25) is 0 Å². The predicted molar refractivity (Wildman–Crippen MR) is 71.4 cm³/mol. The van der Waals surface area contributed by atoms with Gasteiger partial charge in [-0.2, -0.15) is 0 Å². The van der Waals surface area contributed by atoms with Crippen molar-refractivity contribution in [1.29, 1.82) is 0 Å². The summed E-state index contributed by atoms with van der Waals surface area (Å²) >= 11 is 6.01. The van der Waals surface area contributed by atoms with Gasteiger partial charge in [-0.1, -0.05) is 37.6 Å². The van der Waals surface area contributed by atoms with Gasteiger partial charge in [-0.05, 0) is 30.0 Å². The van der Waals surface area contributed by atoms with Crippen molar-refractivity contribution in [1.82, 2.24) is 5.32 Å². The zero-order valence-corrected chi connectivity index (χ0v) is 11.2. The van der Waals surface area contributed by atoms with E-state index >= 15 is 0 Å². The summed E-state index contributed by atoms with van der Waals surface area (Å²) in [6.07, 6.45) is 1.20. The van der Waals surface area contributed by atoms with Crippen LogP contribution >= 0.6 is 11.6 Å². The maximum absolute atomic E-state index is 6.01. The summed E-state index contributed by atoms with van der Waals surface area (Å²) in [6.45, 7) is 6.17. The lowest BCUT2D eigenvalue weighted by atomic mass is 10.0. The van der Waals surface area contributed by atoms with E-state index in [1.807, 2.05) is 18.2 Å². The number of benzene rings is 1. The minimum atomic E-state index is 0.123. The van der Waals surface area contributed by atoms with Crippen LogP contribution in [0.15, 0.2) is 24.3 Å². The fraction of sp³-hybridized carbons (Fsp3) is 0.571. The standard InChI is InChI=1S/C14H20ClNO/c1-10(2)13-6-7-17-14(9-16-13)11-4-3-5-12(15)8-11/h3-5,8,10,13-14,16H,6-7,9H2,1-2H3. The first-order chi connectivity index (χ1) is 8.16. The Morgan fingerprint density at radius 1 is 1.41 bits per heavy atom. The first-order valence-electron chi connectivity index (χ1n) is 6.27. The van der Waals surface area contributed by atoms with Crippen LogP contribution < -0.4 is 5.32 Å². The Morgan fingerprint density at radius 2 is 2.24 bits per heavy atom. The summed E-state index contributed by atoms with van der Waals surface area (Å²) in [5.74, 6) is 0.650. The lowest BCUT2D eigenvalue weighted by Crippen LogP contribution is -2.34. The van der Waals surface area contributed by atoms with Crippen LogP contribution in [0.2, 0.25) is 5.02 Å². The Hall–Kier alpha value is -0.570. The van der Waals surface area contributed by atoms with E-state index in [4.69, 9.17) is 16.3 Å². The summed E-state index contributed by atoms with van der Waals surface area (Å²) in [5.41, 5.74) is 1.16. The largest absolute Gasteiger partial charge is 0.372 e. The Kier molecular flexibility index (Phi) is 4.43. The number of rotatable bonds is 2. The highest BCUT2D eigenvalue weighted by Crippen LogP contribution is 2.23. The highest BCUT2D eigenvalue weighted by atomic mass is 35.5. The minimum absolute atomic E-state index is 0.123. The van der Waals surface area contributed by atoms with Crippen LogP contribution in [0, 0.1) is 5.92 Å². The minimum Gasteiger partial charge on any atom is -0.372 e. The molecule has 2 atom stereocenters. The topological polar surface area (TPSA) is 21.3 Å². The molecule has 1 N–H and O–H groups in total. The van der Waals surface area contributed by atoms with Crippen molar-refractivity contribution in [3.8, 4) is 0 Å². The molecule has 17 heavy (non-hydrogen) atoms. The van der Waals surface area contributed by atoms with Gasteiger partial charge in [-0.15, -0.1) is 0 Å². The highest BCUT2D eigenvalue weighted by Gasteiger charge is 2.21. The van der Waals surface area contributed by atoms with Crippen LogP contribution in [0.25, 0.3) is 0 Å². The van der Waals surface area contributed by atoms with Crippen molar-refractivity contribution >= 4 is 11.6 Å². The molecule has 1 aliphatic heterocycles. The molecule has 2 nitrogen and oxygen atoms in total. The lowest BCUT2D eigenvalue weighted by molar-refractivity contribution is 0.0660. The summed E-state index contributed by atoms with van der Waals surface area (Å²) in [5, 5.41) is 4.35. The molecule has 94 valence electrons. The van der Waals surface area contributed by atoms with E-state index in [2.05, 4.69) is 25.2 Å². The fourth-order valence-corrected chi connectivity index (χ4v) is 2.45. The molecule has 0 aliphatic carbocycles. The average Bonchev–Trinajstić information content (AvgIpc) is 2.54. The Morgan fingerprint density at radius 3 is 2.94 bits per heavy atom. The molecule has 1 saturated heterocycles. The van der Waals surface area contributed by atoms with Gasteiger partial charge in [0.1, 0.15) is 0 Å². The SMILES string of the molecule is CC(C)C1CCOC(c2cccc(Cl)c2)CN1. The van der Waals surface area contributed by atoms with E-state index < -0.39 is 0 Å². The molecule has 0 saturated carbocycles. The molecule has 0 bridgehead atoms. The van der Waals surface area contributed by atoms with Crippen molar-refractivity contribution in [3.63, 3.8) is 0 Å². The van der Waals surface area contributed by atoms with Gasteiger partial charge in [0, 0.05) is 24.2 Å². The third-order valence-corrected chi connectivity index (χ3v) is 3.57. The van der Waals surface area contributed by atoms with E-state index in [0.29, 0.717) is 12.0 Å². The molecule has 0 spiro atoms. The molecule has 1 fully saturated rings. The van der Waals surface area contributed by atoms with Gasteiger partial charge in [0.05, 0.1) is 6.10 Å². The van der Waals surface area contributed by atoms with Gasteiger partial charge < -0.3 is 10.1 Å². The van der Waals surface area contributed by atoms with E-state index in [0.717, 1.165) is 30.2 Å². The third-order valence-electron chi connectivity index (χ3n) is 3.34. The molecule has 0 amide bonds. The molecule has 0 radical (unpaired) electrons. The number of hydrogen-bond acceptors (Lipinski definition) is 2. The summed E-state index contributed by atoms with van der Waals surface area (Å²) < 4.78 is 5.90. The second-order valence-corrected chi connectivity index (χ2v) is 5.40. The highest BCUT2D eigenvalue weighted by molar-refractivity contribution is 6.30. The maximum Gasteiger partial charge on any atom is 0.0949 e. The normalized spacial score (nSPS) is 25.9. The van der Waals surface area contributed by atoms with Crippen LogP contribution in [-0.4, -0.2) is 19.2 Å². The molecule has 1 heterocycles. The molecule has 0 aromatic heterocycles.